The Morgan fingerprint density at radius 3 is 1.12 bits per heavy atom. The molecule has 1 amide bonds. The molecule has 40 heavy (non-hydrogen) atoms. The molecule has 0 spiro atoms. The highest BCUT2D eigenvalue weighted by Crippen LogP contribution is 2.15. The Labute approximate surface area is 251 Å². The van der Waals surface area contributed by atoms with Crippen molar-refractivity contribution in [2.24, 2.45) is 0 Å². The molecule has 0 rings (SSSR count). The highest BCUT2D eigenvalue weighted by molar-refractivity contribution is 5.76. The first-order valence-corrected chi connectivity index (χ1v) is 18.2. The van der Waals surface area contributed by atoms with Gasteiger partial charge in [0.25, 0.3) is 0 Å². The lowest BCUT2D eigenvalue weighted by atomic mass is 10.0. The van der Waals surface area contributed by atoms with Crippen molar-refractivity contribution < 1.29 is 15.0 Å². The average molecular weight is 568 g/mol. The van der Waals surface area contributed by atoms with Gasteiger partial charge >= 0.3 is 0 Å². The second-order valence-corrected chi connectivity index (χ2v) is 12.7. The SMILES string of the molecule is CCCCCCCCCCCCCCCCCC(=O)N[C@@H](CO)[C@@H](O)CCCCCCCCCCCCCCC. The van der Waals surface area contributed by atoms with Crippen LogP contribution in [0.4, 0.5) is 0 Å². The number of carbonyl (C=O) groups excluding carboxylic acids is 1. The van der Waals surface area contributed by atoms with Gasteiger partial charge in [0, 0.05) is 6.42 Å². The van der Waals surface area contributed by atoms with Crippen molar-refractivity contribution in [3.05, 3.63) is 0 Å². The minimum atomic E-state index is -0.650. The molecule has 0 aromatic carbocycles. The minimum Gasteiger partial charge on any atom is -0.394 e. The molecule has 0 aromatic heterocycles. The van der Waals surface area contributed by atoms with Gasteiger partial charge in [0.1, 0.15) is 0 Å². The van der Waals surface area contributed by atoms with E-state index >= 15 is 0 Å². The predicted molar refractivity (Wildman–Crippen MR) is 175 cm³/mol. The summed E-state index contributed by atoms with van der Waals surface area (Å²) in [6, 6.07) is -0.527. The molecule has 0 fully saturated rings. The van der Waals surface area contributed by atoms with Crippen LogP contribution in [0.15, 0.2) is 0 Å². The van der Waals surface area contributed by atoms with Gasteiger partial charge in [-0.2, -0.15) is 0 Å². The van der Waals surface area contributed by atoms with Gasteiger partial charge in [-0.15, -0.1) is 0 Å². The van der Waals surface area contributed by atoms with Crippen LogP contribution >= 0.6 is 0 Å². The van der Waals surface area contributed by atoms with Crippen molar-refractivity contribution in [1.29, 1.82) is 0 Å². The Morgan fingerprint density at radius 2 is 0.800 bits per heavy atom. The fourth-order valence-corrected chi connectivity index (χ4v) is 5.77. The quantitative estimate of drug-likeness (QED) is 0.0691. The van der Waals surface area contributed by atoms with E-state index < -0.39 is 12.1 Å². The number of amides is 1. The number of aliphatic hydroxyl groups is 2. The summed E-state index contributed by atoms with van der Waals surface area (Å²) in [5.74, 6) is -0.0295. The third-order valence-corrected chi connectivity index (χ3v) is 8.62. The molecule has 4 nitrogen and oxygen atoms in total. The molecule has 3 N–H and O–H groups in total. The van der Waals surface area contributed by atoms with Gasteiger partial charge < -0.3 is 15.5 Å². The summed E-state index contributed by atoms with van der Waals surface area (Å²) in [6.07, 6.45) is 37.2. The first-order chi connectivity index (χ1) is 19.7. The number of hydrogen-bond donors (Lipinski definition) is 3. The zero-order valence-corrected chi connectivity index (χ0v) is 27.4. The number of hydrogen-bond acceptors (Lipinski definition) is 3. The normalized spacial score (nSPS) is 13.0. The van der Waals surface area contributed by atoms with Gasteiger partial charge in [0.2, 0.25) is 5.91 Å². The highest BCUT2D eigenvalue weighted by atomic mass is 16.3. The number of rotatable bonds is 33. The first-order valence-electron chi connectivity index (χ1n) is 18.2. The third-order valence-electron chi connectivity index (χ3n) is 8.62. The van der Waals surface area contributed by atoms with E-state index in [9.17, 15) is 15.0 Å². The van der Waals surface area contributed by atoms with Crippen molar-refractivity contribution in [3.63, 3.8) is 0 Å². The maximum Gasteiger partial charge on any atom is 0.220 e. The standard InChI is InChI=1S/C36H73NO3/c1-3-5-7-9-11-13-15-17-18-20-22-24-26-28-30-32-36(40)37-34(33-38)35(39)31-29-27-25-23-21-19-16-14-12-10-8-6-4-2/h34-35,38-39H,3-33H2,1-2H3,(H,37,40)/t34-,35-/m0/s1. The van der Waals surface area contributed by atoms with Gasteiger partial charge in [-0.05, 0) is 12.8 Å². The third kappa shape index (κ3) is 28.9. The lowest BCUT2D eigenvalue weighted by Gasteiger charge is -2.22. The van der Waals surface area contributed by atoms with Crippen molar-refractivity contribution in [2.75, 3.05) is 6.61 Å². The average Bonchev–Trinajstić information content (AvgIpc) is 2.96. The highest BCUT2D eigenvalue weighted by Gasteiger charge is 2.19. The van der Waals surface area contributed by atoms with Crippen LogP contribution in [0.3, 0.4) is 0 Å². The van der Waals surface area contributed by atoms with Crippen LogP contribution in [0.5, 0.6) is 0 Å². The maximum absolute atomic E-state index is 12.3. The first kappa shape index (κ1) is 39.4. The van der Waals surface area contributed by atoms with Gasteiger partial charge in [0.15, 0.2) is 0 Å². The largest absolute Gasteiger partial charge is 0.394 e. The molecule has 0 radical (unpaired) electrons. The molecule has 0 aromatic rings. The van der Waals surface area contributed by atoms with E-state index in [2.05, 4.69) is 19.2 Å². The molecule has 2 atom stereocenters. The van der Waals surface area contributed by atoms with Crippen LogP contribution in [-0.2, 0) is 4.79 Å². The molecule has 0 saturated heterocycles. The van der Waals surface area contributed by atoms with Gasteiger partial charge in [0.05, 0.1) is 18.8 Å². The number of carbonyl (C=O) groups is 1. The van der Waals surface area contributed by atoms with E-state index in [0.29, 0.717) is 12.8 Å². The molecular weight excluding hydrogens is 494 g/mol. The summed E-state index contributed by atoms with van der Waals surface area (Å²) in [7, 11) is 0. The van der Waals surface area contributed by atoms with E-state index in [1.54, 1.807) is 0 Å². The monoisotopic (exact) mass is 568 g/mol. The summed E-state index contributed by atoms with van der Waals surface area (Å²) >= 11 is 0. The zero-order valence-electron chi connectivity index (χ0n) is 27.4. The van der Waals surface area contributed by atoms with E-state index in [1.807, 2.05) is 0 Å². The van der Waals surface area contributed by atoms with Gasteiger partial charge in [-0.1, -0.05) is 187 Å². The fraction of sp³-hybridized carbons (Fsp3) is 0.972. The van der Waals surface area contributed by atoms with Crippen LogP contribution < -0.4 is 5.32 Å². The Hall–Kier alpha value is -0.610. The predicted octanol–water partition coefficient (Wildman–Crippen LogP) is 10.6. The molecule has 0 bridgehead atoms. The summed E-state index contributed by atoms with van der Waals surface area (Å²) in [4.78, 5) is 12.3. The van der Waals surface area contributed by atoms with Crippen LogP contribution in [0.25, 0.3) is 0 Å². The van der Waals surface area contributed by atoms with E-state index in [4.69, 9.17) is 0 Å². The van der Waals surface area contributed by atoms with Crippen molar-refractivity contribution >= 4 is 5.91 Å². The molecule has 0 saturated carbocycles. The molecule has 0 unspecified atom stereocenters. The smallest absolute Gasteiger partial charge is 0.220 e. The summed E-state index contributed by atoms with van der Waals surface area (Å²) < 4.78 is 0. The molecule has 240 valence electrons. The number of unbranched alkanes of at least 4 members (excludes halogenated alkanes) is 26. The van der Waals surface area contributed by atoms with Crippen LogP contribution in [0.2, 0.25) is 0 Å². The Bertz CT molecular complexity index is 498. The van der Waals surface area contributed by atoms with Crippen molar-refractivity contribution in [1.82, 2.24) is 5.32 Å². The summed E-state index contributed by atoms with van der Waals surface area (Å²) in [6.45, 7) is 4.36. The Kier molecular flexibility index (Phi) is 32.4. The van der Waals surface area contributed by atoms with Crippen LogP contribution in [-0.4, -0.2) is 34.9 Å². The molecule has 4 heteroatoms. The minimum absolute atomic E-state index is 0.0295. The molecule has 0 aliphatic heterocycles. The lowest BCUT2D eigenvalue weighted by molar-refractivity contribution is -0.123. The second kappa shape index (κ2) is 32.9. The second-order valence-electron chi connectivity index (χ2n) is 12.7. The lowest BCUT2D eigenvalue weighted by Crippen LogP contribution is -2.45. The molecule has 0 aliphatic rings. The maximum atomic E-state index is 12.3. The summed E-state index contributed by atoms with van der Waals surface area (Å²) in [5.41, 5.74) is 0. The van der Waals surface area contributed by atoms with Crippen LogP contribution in [0.1, 0.15) is 206 Å². The summed E-state index contributed by atoms with van der Waals surface area (Å²) in [5, 5.41) is 23.0. The zero-order chi connectivity index (χ0) is 29.4. The topological polar surface area (TPSA) is 69.6 Å². The fourth-order valence-electron chi connectivity index (χ4n) is 5.77. The van der Waals surface area contributed by atoms with Gasteiger partial charge in [-0.25, -0.2) is 0 Å². The van der Waals surface area contributed by atoms with Crippen molar-refractivity contribution in [2.45, 2.75) is 219 Å². The Balaban J connectivity index is 3.52. The van der Waals surface area contributed by atoms with E-state index in [1.165, 1.54) is 154 Å². The van der Waals surface area contributed by atoms with E-state index in [0.717, 1.165) is 25.7 Å². The molecular formula is C36H73NO3. The van der Waals surface area contributed by atoms with Crippen LogP contribution in [0, 0.1) is 0 Å². The van der Waals surface area contributed by atoms with E-state index in [-0.39, 0.29) is 12.5 Å². The molecule has 0 heterocycles. The number of aliphatic hydroxyl groups excluding tert-OH is 2. The van der Waals surface area contributed by atoms with Gasteiger partial charge in [-0.3, -0.25) is 4.79 Å². The number of nitrogens with one attached hydrogen (secondary N) is 1. The Morgan fingerprint density at radius 1 is 0.500 bits per heavy atom. The van der Waals surface area contributed by atoms with Crippen molar-refractivity contribution in [3.8, 4) is 0 Å². The molecule has 0 aliphatic carbocycles.